The molecule has 172 valence electrons. The summed E-state index contributed by atoms with van der Waals surface area (Å²) in [6.07, 6.45) is 6.69. The van der Waals surface area contributed by atoms with Crippen molar-refractivity contribution in [3.63, 3.8) is 0 Å². The molecule has 0 bridgehead atoms. The van der Waals surface area contributed by atoms with E-state index < -0.39 is 0 Å². The summed E-state index contributed by atoms with van der Waals surface area (Å²) < 4.78 is 13.1. The SMILES string of the molecule is CN=C(NCCCc1nnc2n1CCCCC2)N(C)Cc1ccc(OC)cc1OC.I. The van der Waals surface area contributed by atoms with Gasteiger partial charge in [-0.2, -0.15) is 0 Å². The summed E-state index contributed by atoms with van der Waals surface area (Å²) >= 11 is 0. The van der Waals surface area contributed by atoms with Crippen LogP contribution in [0.15, 0.2) is 23.2 Å². The number of ether oxygens (including phenoxy) is 2. The van der Waals surface area contributed by atoms with Crippen molar-refractivity contribution in [1.82, 2.24) is 25.0 Å². The van der Waals surface area contributed by atoms with Gasteiger partial charge in [-0.25, -0.2) is 0 Å². The second kappa shape index (κ2) is 12.7. The fourth-order valence-corrected chi connectivity index (χ4v) is 3.87. The van der Waals surface area contributed by atoms with Crippen LogP contribution in [0, 0.1) is 0 Å². The molecule has 1 aliphatic heterocycles. The van der Waals surface area contributed by atoms with Gasteiger partial charge in [-0.15, -0.1) is 34.2 Å². The van der Waals surface area contributed by atoms with Gasteiger partial charge in [-0.05, 0) is 31.4 Å². The van der Waals surface area contributed by atoms with E-state index in [1.54, 1.807) is 14.2 Å². The predicted molar refractivity (Wildman–Crippen MR) is 134 cm³/mol. The Kier molecular flexibility index (Phi) is 10.4. The highest BCUT2D eigenvalue weighted by Gasteiger charge is 2.15. The second-order valence-corrected chi connectivity index (χ2v) is 7.61. The minimum absolute atomic E-state index is 0. The topological polar surface area (TPSA) is 76.8 Å². The molecule has 0 saturated carbocycles. The molecule has 0 spiro atoms. The molecular weight excluding hydrogens is 507 g/mol. The van der Waals surface area contributed by atoms with Crippen LogP contribution in [0.2, 0.25) is 0 Å². The van der Waals surface area contributed by atoms with Crippen LogP contribution in [0.5, 0.6) is 11.5 Å². The third-order valence-corrected chi connectivity index (χ3v) is 5.52. The fraction of sp³-hybridized carbons (Fsp3) is 0.591. The molecule has 8 nitrogen and oxygen atoms in total. The number of aliphatic imine (C=N–C) groups is 1. The van der Waals surface area contributed by atoms with Gasteiger partial charge in [0.1, 0.15) is 23.1 Å². The molecule has 0 unspecified atom stereocenters. The maximum Gasteiger partial charge on any atom is 0.193 e. The smallest absolute Gasteiger partial charge is 0.193 e. The van der Waals surface area contributed by atoms with Gasteiger partial charge < -0.3 is 24.3 Å². The van der Waals surface area contributed by atoms with Gasteiger partial charge in [0.15, 0.2) is 5.96 Å². The van der Waals surface area contributed by atoms with E-state index in [-0.39, 0.29) is 24.0 Å². The molecule has 1 aliphatic rings. The lowest BCUT2D eigenvalue weighted by atomic mass is 10.2. The third kappa shape index (κ3) is 6.72. The van der Waals surface area contributed by atoms with Crippen LogP contribution in [-0.4, -0.2) is 60.5 Å². The number of nitrogens with one attached hydrogen (secondary N) is 1. The Morgan fingerprint density at radius 2 is 2.03 bits per heavy atom. The third-order valence-electron chi connectivity index (χ3n) is 5.52. The first-order chi connectivity index (χ1) is 14.7. The first-order valence-electron chi connectivity index (χ1n) is 10.7. The summed E-state index contributed by atoms with van der Waals surface area (Å²) in [6, 6.07) is 5.88. The molecule has 0 radical (unpaired) electrons. The van der Waals surface area contributed by atoms with Crippen molar-refractivity contribution in [2.24, 2.45) is 4.99 Å². The van der Waals surface area contributed by atoms with Crippen molar-refractivity contribution in [3.05, 3.63) is 35.4 Å². The van der Waals surface area contributed by atoms with Crippen LogP contribution in [-0.2, 0) is 25.9 Å². The summed E-state index contributed by atoms with van der Waals surface area (Å²) in [5.74, 6) is 4.71. The maximum absolute atomic E-state index is 5.51. The molecular formula is C22H35IN6O2. The molecule has 3 rings (SSSR count). The van der Waals surface area contributed by atoms with Crippen molar-refractivity contribution in [2.45, 2.75) is 51.6 Å². The van der Waals surface area contributed by atoms with E-state index >= 15 is 0 Å². The number of nitrogens with zero attached hydrogens (tertiary/aromatic N) is 5. The van der Waals surface area contributed by atoms with E-state index in [1.165, 1.54) is 19.3 Å². The van der Waals surface area contributed by atoms with Crippen molar-refractivity contribution in [1.29, 1.82) is 0 Å². The highest BCUT2D eigenvalue weighted by molar-refractivity contribution is 14.0. The molecule has 9 heteroatoms. The van der Waals surface area contributed by atoms with E-state index in [1.807, 2.05) is 32.3 Å². The molecule has 2 aromatic rings. The molecule has 1 N–H and O–H groups in total. The monoisotopic (exact) mass is 542 g/mol. The quantitative estimate of drug-likeness (QED) is 0.239. The largest absolute Gasteiger partial charge is 0.497 e. The first-order valence-corrected chi connectivity index (χ1v) is 10.7. The number of guanidine groups is 1. The number of aromatic nitrogens is 3. The number of methoxy groups -OCH3 is 2. The first kappa shape index (κ1) is 25.2. The van der Waals surface area contributed by atoms with Gasteiger partial charge in [0, 0.05) is 58.2 Å². The zero-order valence-electron chi connectivity index (χ0n) is 19.1. The Bertz CT molecular complexity index is 855. The molecule has 0 aliphatic carbocycles. The number of hydrogen-bond acceptors (Lipinski definition) is 5. The number of halogens is 1. The van der Waals surface area contributed by atoms with Gasteiger partial charge in [-0.1, -0.05) is 6.42 Å². The van der Waals surface area contributed by atoms with Crippen molar-refractivity contribution in [3.8, 4) is 11.5 Å². The zero-order chi connectivity index (χ0) is 21.3. The number of fused-ring (bicyclic) bond motifs is 1. The van der Waals surface area contributed by atoms with Crippen LogP contribution in [0.1, 0.15) is 42.9 Å². The van der Waals surface area contributed by atoms with Crippen LogP contribution >= 0.6 is 24.0 Å². The minimum atomic E-state index is 0. The normalized spacial score (nSPS) is 13.6. The summed E-state index contributed by atoms with van der Waals surface area (Å²) in [5.41, 5.74) is 1.08. The summed E-state index contributed by atoms with van der Waals surface area (Å²) in [7, 11) is 7.17. The van der Waals surface area contributed by atoms with Crippen LogP contribution < -0.4 is 14.8 Å². The molecule has 31 heavy (non-hydrogen) atoms. The lowest BCUT2D eigenvalue weighted by Gasteiger charge is -2.23. The van der Waals surface area contributed by atoms with Crippen molar-refractivity contribution in [2.75, 3.05) is 34.9 Å². The highest BCUT2D eigenvalue weighted by atomic mass is 127. The van der Waals surface area contributed by atoms with Gasteiger partial charge in [0.25, 0.3) is 0 Å². The van der Waals surface area contributed by atoms with Crippen molar-refractivity contribution < 1.29 is 9.47 Å². The Morgan fingerprint density at radius 3 is 2.77 bits per heavy atom. The Labute approximate surface area is 202 Å². The van der Waals surface area contributed by atoms with Crippen LogP contribution in [0.25, 0.3) is 0 Å². The van der Waals surface area contributed by atoms with Gasteiger partial charge in [0.05, 0.1) is 14.2 Å². The van der Waals surface area contributed by atoms with Gasteiger partial charge >= 0.3 is 0 Å². The number of hydrogen-bond donors (Lipinski definition) is 1. The number of aryl methyl sites for hydroxylation is 2. The van der Waals surface area contributed by atoms with E-state index in [9.17, 15) is 0 Å². The molecule has 0 amide bonds. The Balaban J connectivity index is 0.00000341. The minimum Gasteiger partial charge on any atom is -0.497 e. The number of benzene rings is 1. The molecule has 1 aromatic carbocycles. The lowest BCUT2D eigenvalue weighted by molar-refractivity contribution is 0.382. The van der Waals surface area contributed by atoms with E-state index in [0.717, 1.165) is 67.0 Å². The standard InChI is InChI=1S/C22H34N6O2.HI/c1-23-22(27(2)16-17-11-12-18(29-3)15-19(17)30-4)24-13-8-10-21-26-25-20-9-6-5-7-14-28(20)21;/h11-12,15H,5-10,13-14,16H2,1-4H3,(H,23,24);1H. The van der Waals surface area contributed by atoms with Gasteiger partial charge in [-0.3, -0.25) is 4.99 Å². The van der Waals surface area contributed by atoms with Gasteiger partial charge in [0.2, 0.25) is 0 Å². The predicted octanol–water partition coefficient (Wildman–Crippen LogP) is 3.28. The summed E-state index contributed by atoms with van der Waals surface area (Å²) in [5, 5.41) is 12.3. The second-order valence-electron chi connectivity index (χ2n) is 7.61. The summed E-state index contributed by atoms with van der Waals surface area (Å²) in [6.45, 7) is 2.57. The molecule has 1 aromatic heterocycles. The average molecular weight is 542 g/mol. The van der Waals surface area contributed by atoms with E-state index in [4.69, 9.17) is 9.47 Å². The van der Waals surface area contributed by atoms with E-state index in [2.05, 4.69) is 30.0 Å². The molecule has 2 heterocycles. The van der Waals surface area contributed by atoms with E-state index in [0.29, 0.717) is 6.54 Å². The van der Waals surface area contributed by atoms with Crippen molar-refractivity contribution >= 4 is 29.9 Å². The molecule has 0 fully saturated rings. The summed E-state index contributed by atoms with van der Waals surface area (Å²) in [4.78, 5) is 6.51. The lowest BCUT2D eigenvalue weighted by Crippen LogP contribution is -2.39. The maximum atomic E-state index is 5.51. The number of rotatable bonds is 8. The Hall–Kier alpha value is -2.04. The molecule has 0 atom stereocenters. The Morgan fingerprint density at radius 1 is 1.19 bits per heavy atom. The highest BCUT2D eigenvalue weighted by Crippen LogP contribution is 2.25. The van der Waals surface area contributed by atoms with Crippen LogP contribution in [0.4, 0.5) is 0 Å². The fourth-order valence-electron chi connectivity index (χ4n) is 3.87. The zero-order valence-corrected chi connectivity index (χ0v) is 21.4. The molecule has 0 saturated heterocycles. The van der Waals surface area contributed by atoms with Crippen LogP contribution in [0.3, 0.4) is 0 Å². The average Bonchev–Trinajstić information content (AvgIpc) is 2.99.